The smallest absolute Gasteiger partial charge is 0.491 e. The standard InChI is InChI=1S/C30H35BN2O5.C23H28BFN2O5/c1-19-16-20(2)18-23(17-19)29(35)33(27(30(4,5)6)22-10-8-7-9-11-22)32-28(34)24-12-13-25-26(21(24)3)37-14-15-38-31(25)36;1-5-18(13-25)27(23(29)17-11-14(2)10-15(3)12-17)26-22(28)19-6-7-20-21(16(19)4)31-8-9-32-24(20)30/h7-13,16-18,27,36H,14-15H2,1-6H3,(H,32,34);6-7,10-12,18,30H,5,8-9,13H2,1-4H3,(H,26,28). The van der Waals surface area contributed by atoms with Crippen molar-refractivity contribution in [2.24, 2.45) is 5.41 Å². The number of fused-ring (bicyclic) bond motifs is 2. The predicted octanol–water partition coefficient (Wildman–Crippen LogP) is 6.53. The quantitative estimate of drug-likeness (QED) is 0.0940. The molecule has 2 atom stereocenters. The van der Waals surface area contributed by atoms with Gasteiger partial charge < -0.3 is 28.8 Å². The van der Waals surface area contributed by atoms with E-state index < -0.39 is 56.1 Å². The number of amides is 4. The Morgan fingerprint density at radius 3 is 1.44 bits per heavy atom. The topological polar surface area (TPSA) is 176 Å². The van der Waals surface area contributed by atoms with E-state index in [-0.39, 0.29) is 37.9 Å². The van der Waals surface area contributed by atoms with Crippen LogP contribution in [0.5, 0.6) is 11.5 Å². The number of hydrogen-bond donors (Lipinski definition) is 4. The first-order valence-electron chi connectivity index (χ1n) is 23.4. The highest BCUT2D eigenvalue weighted by molar-refractivity contribution is 6.61. The lowest BCUT2D eigenvalue weighted by molar-refractivity contribution is 0.0288. The molecule has 17 heteroatoms. The predicted molar refractivity (Wildman–Crippen MR) is 268 cm³/mol. The summed E-state index contributed by atoms with van der Waals surface area (Å²) in [5, 5.41) is 23.0. The van der Waals surface area contributed by atoms with Crippen molar-refractivity contribution in [1.82, 2.24) is 20.9 Å². The zero-order valence-electron chi connectivity index (χ0n) is 41.6. The van der Waals surface area contributed by atoms with Crippen LogP contribution in [-0.4, -0.2) is 97.1 Å². The number of halogens is 1. The summed E-state index contributed by atoms with van der Waals surface area (Å²) in [6, 6.07) is 25.8. The van der Waals surface area contributed by atoms with E-state index in [9.17, 15) is 33.6 Å². The van der Waals surface area contributed by atoms with Crippen molar-refractivity contribution in [3.63, 3.8) is 0 Å². The molecule has 2 aliphatic rings. The number of hydrazine groups is 2. The van der Waals surface area contributed by atoms with Gasteiger partial charge in [-0.05, 0) is 95.3 Å². The molecule has 0 saturated carbocycles. The third kappa shape index (κ3) is 12.3. The van der Waals surface area contributed by atoms with E-state index in [0.717, 1.165) is 32.8 Å². The summed E-state index contributed by atoms with van der Waals surface area (Å²) in [5.74, 6) is -1.02. The van der Waals surface area contributed by atoms with E-state index in [1.165, 1.54) is 11.1 Å². The van der Waals surface area contributed by atoms with Gasteiger partial charge in [0, 0.05) is 44.3 Å². The van der Waals surface area contributed by atoms with Gasteiger partial charge in [0.2, 0.25) is 0 Å². The highest BCUT2D eigenvalue weighted by Gasteiger charge is 2.38. The maximum absolute atomic E-state index is 14.1. The molecule has 14 nitrogen and oxygen atoms in total. The first kappa shape index (κ1) is 52.8. The molecule has 0 saturated heterocycles. The number of carbonyl (C=O) groups excluding carboxylic acids is 4. The van der Waals surface area contributed by atoms with Crippen LogP contribution in [-0.2, 0) is 9.31 Å². The van der Waals surface area contributed by atoms with E-state index in [4.69, 9.17) is 18.8 Å². The maximum Gasteiger partial charge on any atom is 0.495 e. The third-order valence-electron chi connectivity index (χ3n) is 12.1. The molecule has 0 radical (unpaired) electrons. The average Bonchev–Trinajstić information content (AvgIpc) is 3.63. The van der Waals surface area contributed by atoms with Crippen molar-refractivity contribution in [3.8, 4) is 11.5 Å². The molecule has 0 fully saturated rings. The molecule has 4 N–H and O–H groups in total. The first-order valence-corrected chi connectivity index (χ1v) is 23.4. The van der Waals surface area contributed by atoms with Gasteiger partial charge in [-0.25, -0.2) is 14.4 Å². The Balaban J connectivity index is 0.000000233. The molecule has 0 spiro atoms. The molecule has 7 rings (SSSR count). The van der Waals surface area contributed by atoms with Gasteiger partial charge >= 0.3 is 14.2 Å². The molecule has 0 aliphatic carbocycles. The SMILES string of the molecule is CCC(CF)N(NC(=O)c1ccc2c(c1C)OCCOB2O)C(=O)c1cc(C)cc(C)c1.Cc1cc(C)cc(C(=O)N(NC(=O)c2ccc3c(c2C)OCCOB3O)C(c2ccccc2)C(C)(C)C)c1. The fourth-order valence-electron chi connectivity index (χ4n) is 8.86. The Bertz CT molecular complexity index is 2670. The molecule has 5 aromatic rings. The zero-order chi connectivity index (χ0) is 51.0. The van der Waals surface area contributed by atoms with Crippen molar-refractivity contribution in [2.45, 2.75) is 87.7 Å². The molecular formula is C53H63B2FN4O10. The number of carbonyl (C=O) groups is 4. The molecule has 5 aromatic carbocycles. The second-order valence-electron chi connectivity index (χ2n) is 18.8. The number of hydrogen-bond acceptors (Lipinski definition) is 10. The van der Waals surface area contributed by atoms with Crippen molar-refractivity contribution >= 4 is 48.8 Å². The normalized spacial score (nSPS) is 14.1. The van der Waals surface area contributed by atoms with Crippen LogP contribution in [0, 0.1) is 47.0 Å². The number of alkyl halides is 1. The summed E-state index contributed by atoms with van der Waals surface area (Å²) >= 11 is 0. The minimum absolute atomic E-state index is 0.212. The maximum atomic E-state index is 14.1. The van der Waals surface area contributed by atoms with Crippen LogP contribution in [0.25, 0.3) is 0 Å². The number of benzene rings is 5. The van der Waals surface area contributed by atoms with E-state index in [0.29, 0.717) is 56.7 Å². The molecular weight excluding hydrogens is 893 g/mol. The first-order chi connectivity index (χ1) is 33.2. The molecule has 2 aliphatic heterocycles. The molecule has 4 amide bonds. The van der Waals surface area contributed by atoms with Crippen LogP contribution in [0.15, 0.2) is 91.0 Å². The van der Waals surface area contributed by atoms with E-state index in [1.54, 1.807) is 51.1 Å². The number of aryl methyl sites for hydroxylation is 4. The monoisotopic (exact) mass is 956 g/mol. The zero-order valence-corrected chi connectivity index (χ0v) is 41.6. The molecule has 368 valence electrons. The van der Waals surface area contributed by atoms with E-state index in [1.807, 2.05) is 103 Å². The molecule has 2 unspecified atom stereocenters. The van der Waals surface area contributed by atoms with Gasteiger partial charge in [0.15, 0.2) is 0 Å². The van der Waals surface area contributed by atoms with Crippen molar-refractivity contribution in [1.29, 1.82) is 0 Å². The van der Waals surface area contributed by atoms with Gasteiger partial charge in [-0.3, -0.25) is 30.0 Å². The summed E-state index contributed by atoms with van der Waals surface area (Å²) in [6.07, 6.45) is 0.323. The summed E-state index contributed by atoms with van der Waals surface area (Å²) in [5.41, 5.74) is 13.2. The highest BCUT2D eigenvalue weighted by atomic mass is 19.1. The molecule has 70 heavy (non-hydrogen) atoms. The second-order valence-corrected chi connectivity index (χ2v) is 18.8. The van der Waals surface area contributed by atoms with Crippen LogP contribution >= 0.6 is 0 Å². The Kier molecular flexibility index (Phi) is 17.3. The summed E-state index contributed by atoms with van der Waals surface area (Å²) in [6.45, 7) is 19.1. The minimum Gasteiger partial charge on any atom is -0.491 e. The van der Waals surface area contributed by atoms with Gasteiger partial charge in [0.25, 0.3) is 23.6 Å². The van der Waals surface area contributed by atoms with E-state index >= 15 is 0 Å². The summed E-state index contributed by atoms with van der Waals surface area (Å²) in [7, 11) is -2.28. The van der Waals surface area contributed by atoms with Gasteiger partial charge in [0.05, 0.1) is 25.3 Å². The van der Waals surface area contributed by atoms with Crippen LogP contribution < -0.4 is 31.3 Å². The Hall–Kier alpha value is -6.52. The molecule has 0 bridgehead atoms. The average molecular weight is 957 g/mol. The lowest BCUT2D eigenvalue weighted by Gasteiger charge is -2.40. The number of nitrogens with one attached hydrogen (secondary N) is 2. The number of rotatable bonds is 9. The van der Waals surface area contributed by atoms with Gasteiger partial charge in [-0.1, -0.05) is 105 Å². The van der Waals surface area contributed by atoms with Gasteiger partial charge in [-0.15, -0.1) is 0 Å². The van der Waals surface area contributed by atoms with Crippen molar-refractivity contribution in [2.75, 3.05) is 33.1 Å². The Morgan fingerprint density at radius 1 is 0.629 bits per heavy atom. The summed E-state index contributed by atoms with van der Waals surface area (Å²) in [4.78, 5) is 54.3. The van der Waals surface area contributed by atoms with Gasteiger partial charge in [-0.2, -0.15) is 0 Å². The summed E-state index contributed by atoms with van der Waals surface area (Å²) < 4.78 is 35.9. The van der Waals surface area contributed by atoms with Crippen LogP contribution in [0.3, 0.4) is 0 Å². The van der Waals surface area contributed by atoms with Crippen LogP contribution in [0.2, 0.25) is 0 Å². The van der Waals surface area contributed by atoms with Crippen molar-refractivity contribution < 1.29 is 52.4 Å². The third-order valence-corrected chi connectivity index (χ3v) is 12.1. The largest absolute Gasteiger partial charge is 0.495 e. The Morgan fingerprint density at radius 2 is 1.04 bits per heavy atom. The lowest BCUT2D eigenvalue weighted by atomic mass is 9.77. The fraction of sp³-hybridized carbons (Fsp3) is 0.358. The molecule has 0 aromatic heterocycles. The highest BCUT2D eigenvalue weighted by Crippen LogP contribution is 2.38. The van der Waals surface area contributed by atoms with E-state index in [2.05, 4.69) is 10.9 Å². The number of nitrogens with zero attached hydrogens (tertiary/aromatic N) is 2. The van der Waals surface area contributed by atoms with Crippen LogP contribution in [0.1, 0.15) is 121 Å². The minimum atomic E-state index is -1.15. The second kappa shape index (κ2) is 22.9. The Labute approximate surface area is 410 Å². The molecule has 2 heterocycles. The lowest BCUT2D eigenvalue weighted by Crippen LogP contribution is -2.53. The van der Waals surface area contributed by atoms with Crippen molar-refractivity contribution in [3.05, 3.63) is 152 Å². The number of ether oxygens (including phenoxy) is 2. The fourth-order valence-corrected chi connectivity index (χ4v) is 8.86. The van der Waals surface area contributed by atoms with Crippen LogP contribution in [0.4, 0.5) is 4.39 Å². The van der Waals surface area contributed by atoms with Gasteiger partial charge in [0.1, 0.15) is 31.4 Å².